The quantitative estimate of drug-likeness (QED) is 0.312. The van der Waals surface area contributed by atoms with Crippen molar-refractivity contribution in [3.63, 3.8) is 0 Å². The molecule has 3 fully saturated rings. The molecule has 0 spiro atoms. The smallest absolute Gasteiger partial charge is 0.386 e. The van der Waals surface area contributed by atoms with E-state index in [4.69, 9.17) is 0 Å². The van der Waals surface area contributed by atoms with E-state index < -0.39 is 28.6 Å². The fourth-order valence-corrected chi connectivity index (χ4v) is 6.32. The number of aliphatic hydroxyl groups is 1. The second kappa shape index (κ2) is 10.4. The maximum absolute atomic E-state index is 13.7. The molecule has 2 aromatic carbocycles. The van der Waals surface area contributed by atoms with E-state index in [0.29, 0.717) is 25.8 Å². The van der Waals surface area contributed by atoms with Crippen LogP contribution < -0.4 is 10.2 Å². The van der Waals surface area contributed by atoms with Gasteiger partial charge in [-0.15, -0.1) is 0 Å². The van der Waals surface area contributed by atoms with Gasteiger partial charge in [0.2, 0.25) is 0 Å². The van der Waals surface area contributed by atoms with Crippen LogP contribution in [0.2, 0.25) is 0 Å². The number of fused-ring (bicyclic) bond motifs is 3. The highest BCUT2D eigenvalue weighted by Gasteiger charge is 2.53. The van der Waals surface area contributed by atoms with Crippen molar-refractivity contribution in [1.29, 1.82) is 0 Å². The first kappa shape index (κ1) is 30.1. The minimum absolute atomic E-state index is 0.147. The normalized spacial score (nSPS) is 22.7. The molecule has 3 aliphatic carbocycles. The van der Waals surface area contributed by atoms with Crippen LogP contribution in [0.15, 0.2) is 53.1 Å². The molecule has 6 rings (SSSR count). The predicted octanol–water partition coefficient (Wildman–Crippen LogP) is 7.59. The number of urea groups is 1. The summed E-state index contributed by atoms with van der Waals surface area (Å²) < 4.78 is 43.9. The summed E-state index contributed by atoms with van der Waals surface area (Å²) in [5.74, 6) is -1.15. The molecule has 42 heavy (non-hydrogen) atoms. The Labute approximate surface area is 244 Å². The molecule has 1 aromatic heterocycles. The molecule has 7 nitrogen and oxygen atoms in total. The number of hydrogen-bond donors (Lipinski definition) is 2. The van der Waals surface area contributed by atoms with Gasteiger partial charge in [-0.25, -0.2) is 4.79 Å². The molecule has 2 N–H and O–H groups in total. The van der Waals surface area contributed by atoms with E-state index in [9.17, 15) is 23.1 Å². The zero-order valence-corrected chi connectivity index (χ0v) is 24.8. The fourth-order valence-electron chi connectivity index (χ4n) is 6.32. The molecule has 0 unspecified atom stereocenters. The maximum Gasteiger partial charge on any atom is 0.471 e. The molecule has 10 heteroatoms. The van der Waals surface area contributed by atoms with Crippen LogP contribution in [0.1, 0.15) is 90.4 Å². The summed E-state index contributed by atoms with van der Waals surface area (Å²) in [5.41, 5.74) is 1.42. The summed E-state index contributed by atoms with van der Waals surface area (Å²) in [6.07, 6.45) is -0.479. The number of aromatic nitrogens is 2. The van der Waals surface area contributed by atoms with Gasteiger partial charge in [-0.2, -0.15) is 18.2 Å². The van der Waals surface area contributed by atoms with Crippen molar-refractivity contribution in [2.45, 2.75) is 95.9 Å². The number of nitrogens with zero attached hydrogens (tertiary/aromatic N) is 3. The van der Waals surface area contributed by atoms with Crippen LogP contribution in [-0.4, -0.2) is 33.4 Å². The molecule has 3 saturated carbocycles. The lowest BCUT2D eigenvalue weighted by atomic mass is 9.53. The second-order valence-electron chi connectivity index (χ2n) is 13.7. The van der Waals surface area contributed by atoms with Crippen molar-refractivity contribution in [2.75, 3.05) is 11.4 Å². The Morgan fingerprint density at radius 2 is 1.57 bits per heavy atom. The van der Waals surface area contributed by atoms with E-state index in [0.717, 1.165) is 41.6 Å². The van der Waals surface area contributed by atoms with Crippen LogP contribution in [-0.2, 0) is 17.2 Å². The molecule has 2 bridgehead atoms. The summed E-state index contributed by atoms with van der Waals surface area (Å²) in [7, 11) is 0. The van der Waals surface area contributed by atoms with E-state index in [1.54, 1.807) is 13.8 Å². The maximum atomic E-state index is 13.7. The van der Waals surface area contributed by atoms with Crippen molar-refractivity contribution in [2.24, 2.45) is 5.41 Å². The molecule has 0 aliphatic heterocycles. The fraction of sp³-hybridized carbons (Fsp3) is 0.531. The number of anilines is 1. The van der Waals surface area contributed by atoms with Crippen LogP contribution in [0.4, 0.5) is 23.7 Å². The van der Waals surface area contributed by atoms with Crippen LogP contribution >= 0.6 is 0 Å². The third kappa shape index (κ3) is 6.19. The van der Waals surface area contributed by atoms with Crippen LogP contribution in [0.3, 0.4) is 0 Å². The van der Waals surface area contributed by atoms with Crippen molar-refractivity contribution in [3.8, 4) is 11.1 Å². The standard InChI is InChI=1S/C32H39F3N4O3/c1-28(2,3)37-27(40)39(24-8-6-7-22(19-24)21-9-11-23(12-10-21)29(4,5)41)20-30-13-16-31(17-14-30,18-15-30)25-36-26(42-38-25)32(33,34)35/h6-12,19,41H,13-18,20H2,1-5H3,(H,37,40). The van der Waals surface area contributed by atoms with E-state index in [2.05, 4.69) is 20.0 Å². The molecule has 3 aliphatic rings. The largest absolute Gasteiger partial charge is 0.471 e. The topological polar surface area (TPSA) is 91.5 Å². The Morgan fingerprint density at radius 1 is 0.952 bits per heavy atom. The van der Waals surface area contributed by atoms with Gasteiger partial charge in [0.25, 0.3) is 0 Å². The average Bonchev–Trinajstić information content (AvgIpc) is 3.44. The van der Waals surface area contributed by atoms with Gasteiger partial charge in [0.05, 0.1) is 5.60 Å². The molecule has 0 atom stereocenters. The molecule has 226 valence electrons. The number of nitrogens with one attached hydrogen (secondary N) is 1. The number of alkyl halides is 3. The lowest BCUT2D eigenvalue weighted by Crippen LogP contribution is -2.55. The van der Waals surface area contributed by atoms with E-state index in [1.165, 1.54) is 0 Å². The van der Waals surface area contributed by atoms with Crippen molar-refractivity contribution < 1.29 is 27.6 Å². The molecule has 0 saturated heterocycles. The van der Waals surface area contributed by atoms with Gasteiger partial charge < -0.3 is 14.9 Å². The highest BCUT2D eigenvalue weighted by Crippen LogP contribution is 2.57. The van der Waals surface area contributed by atoms with Gasteiger partial charge in [0.1, 0.15) is 0 Å². The lowest BCUT2D eigenvalue weighted by molar-refractivity contribution is -0.159. The lowest BCUT2D eigenvalue weighted by Gasteiger charge is -2.53. The second-order valence-corrected chi connectivity index (χ2v) is 13.7. The van der Waals surface area contributed by atoms with Gasteiger partial charge in [-0.3, -0.25) is 4.90 Å². The Balaban J connectivity index is 1.40. The number of benzene rings is 2. The van der Waals surface area contributed by atoms with Crippen molar-refractivity contribution in [3.05, 3.63) is 65.8 Å². The molecule has 1 heterocycles. The first-order chi connectivity index (χ1) is 19.5. The number of carbonyl (C=O) groups excluding carboxylic acids is 1. The van der Waals surface area contributed by atoms with Crippen LogP contribution in [0, 0.1) is 5.41 Å². The van der Waals surface area contributed by atoms with Crippen LogP contribution in [0.25, 0.3) is 11.1 Å². The Bertz CT molecular complexity index is 1410. The summed E-state index contributed by atoms with van der Waals surface area (Å²) in [5, 5.41) is 17.2. The highest BCUT2D eigenvalue weighted by atomic mass is 19.4. The summed E-state index contributed by atoms with van der Waals surface area (Å²) >= 11 is 0. The van der Waals surface area contributed by atoms with Gasteiger partial charge in [-0.05, 0) is 107 Å². The number of amides is 2. The first-order valence-electron chi connectivity index (χ1n) is 14.4. The van der Waals surface area contributed by atoms with Crippen molar-refractivity contribution in [1.82, 2.24) is 15.5 Å². The SMILES string of the molecule is CC(C)(C)NC(=O)N(CC12CCC(c3noc(C(F)(F)F)n3)(CC1)CC2)c1cccc(-c2ccc(C(C)(C)O)cc2)c1. The van der Waals surface area contributed by atoms with Gasteiger partial charge >= 0.3 is 18.1 Å². The Kier molecular flexibility index (Phi) is 7.44. The van der Waals surface area contributed by atoms with Gasteiger partial charge in [0.15, 0.2) is 5.82 Å². The van der Waals surface area contributed by atoms with Gasteiger partial charge in [-0.1, -0.05) is 41.6 Å². The minimum atomic E-state index is -4.66. The zero-order chi connectivity index (χ0) is 30.6. The molecule has 3 aromatic rings. The minimum Gasteiger partial charge on any atom is -0.386 e. The molecular formula is C32H39F3N4O3. The van der Waals surface area contributed by atoms with Gasteiger partial charge in [0, 0.05) is 23.2 Å². The third-order valence-corrected chi connectivity index (χ3v) is 8.85. The molecular weight excluding hydrogens is 545 g/mol. The average molecular weight is 585 g/mol. The number of rotatable bonds is 6. The Hall–Kier alpha value is -3.40. The first-order valence-corrected chi connectivity index (χ1v) is 14.4. The Morgan fingerprint density at radius 3 is 2.10 bits per heavy atom. The van der Waals surface area contributed by atoms with E-state index in [-0.39, 0.29) is 17.3 Å². The summed E-state index contributed by atoms with van der Waals surface area (Å²) in [6, 6.07) is 15.4. The van der Waals surface area contributed by atoms with Crippen LogP contribution in [0.5, 0.6) is 0 Å². The zero-order valence-electron chi connectivity index (χ0n) is 24.8. The monoisotopic (exact) mass is 584 g/mol. The number of carbonyl (C=O) groups is 1. The third-order valence-electron chi connectivity index (χ3n) is 8.85. The molecule has 0 radical (unpaired) electrons. The molecule has 2 amide bonds. The predicted molar refractivity (Wildman–Crippen MR) is 154 cm³/mol. The summed E-state index contributed by atoms with van der Waals surface area (Å²) in [4.78, 5) is 19.3. The number of hydrogen-bond acceptors (Lipinski definition) is 5. The summed E-state index contributed by atoms with van der Waals surface area (Å²) in [6.45, 7) is 9.81. The highest BCUT2D eigenvalue weighted by molar-refractivity contribution is 5.93. The number of halogens is 3. The van der Waals surface area contributed by atoms with Crippen molar-refractivity contribution >= 4 is 11.7 Å². The van der Waals surface area contributed by atoms with E-state index >= 15 is 0 Å². The van der Waals surface area contributed by atoms with E-state index in [1.807, 2.05) is 74.2 Å².